The van der Waals surface area contributed by atoms with E-state index in [0.717, 1.165) is 0 Å². The first kappa shape index (κ1) is 16.5. The number of aryl methyl sites for hydroxylation is 1. The maximum Gasteiger partial charge on any atom is 1.00 e. The molecule has 6 nitrogen and oxygen atoms in total. The van der Waals surface area contributed by atoms with Crippen molar-refractivity contribution in [3.8, 4) is 0 Å². The van der Waals surface area contributed by atoms with Crippen molar-refractivity contribution in [3.05, 3.63) is 46.9 Å². The third kappa shape index (κ3) is 4.51. The Bertz CT molecular complexity index is 659. The number of hydrogen-bond donors (Lipinski definition) is 1. The van der Waals surface area contributed by atoms with E-state index in [-0.39, 0.29) is 62.2 Å². The summed E-state index contributed by atoms with van der Waals surface area (Å²) in [6.07, 6.45) is 1.46. The van der Waals surface area contributed by atoms with Crippen LogP contribution in [0, 0.1) is 6.92 Å². The van der Waals surface area contributed by atoms with E-state index in [1.54, 1.807) is 13.0 Å². The van der Waals surface area contributed by atoms with Crippen LogP contribution >= 0.6 is 0 Å². The van der Waals surface area contributed by atoms with Crippen LogP contribution in [0.15, 0.2) is 41.4 Å². The molecule has 1 heterocycles. The number of nitrogens with two attached hydrogens (primary N) is 1. The predicted octanol–water partition coefficient (Wildman–Crippen LogP) is -1.23. The van der Waals surface area contributed by atoms with Gasteiger partial charge in [0.05, 0.1) is 4.90 Å². The number of rotatable bonds is 3. The topological polar surface area (TPSA) is 100 Å². The van der Waals surface area contributed by atoms with Crippen molar-refractivity contribution in [1.29, 1.82) is 0 Å². The average Bonchev–Trinajstić information content (AvgIpc) is 2.29. The molecule has 2 aromatic rings. The zero-order chi connectivity index (χ0) is 13.2. The van der Waals surface area contributed by atoms with E-state index in [4.69, 9.17) is 5.73 Å². The van der Waals surface area contributed by atoms with E-state index < -0.39 is 10.0 Å². The van der Waals surface area contributed by atoms with E-state index in [9.17, 15) is 8.42 Å². The van der Waals surface area contributed by atoms with Crippen molar-refractivity contribution in [1.82, 2.24) is 9.97 Å². The molecule has 0 spiro atoms. The van der Waals surface area contributed by atoms with Crippen LogP contribution in [0.1, 0.15) is 5.69 Å². The van der Waals surface area contributed by atoms with Crippen molar-refractivity contribution in [2.45, 2.75) is 11.8 Å². The van der Waals surface area contributed by atoms with E-state index in [1.165, 1.54) is 30.5 Å². The molecule has 0 saturated carbocycles. The van der Waals surface area contributed by atoms with Crippen molar-refractivity contribution >= 4 is 21.7 Å². The van der Waals surface area contributed by atoms with Gasteiger partial charge in [0, 0.05) is 11.6 Å². The monoisotopic (exact) mass is 302 g/mol. The molecule has 0 radical (unpaired) electrons. The maximum atomic E-state index is 11.9. The average molecular weight is 302 g/mol. The summed E-state index contributed by atoms with van der Waals surface area (Å²) >= 11 is 0. The molecular weight excluding hydrogens is 291 g/mol. The maximum absolute atomic E-state index is 11.9. The van der Waals surface area contributed by atoms with Gasteiger partial charge in [-0.05, 0) is 43.1 Å². The van der Waals surface area contributed by atoms with Crippen LogP contribution in [0.2, 0.25) is 0 Å². The van der Waals surface area contributed by atoms with Crippen LogP contribution in [0.4, 0.5) is 11.6 Å². The van der Waals surface area contributed by atoms with Gasteiger partial charge in [0.15, 0.2) is 0 Å². The fraction of sp³-hybridized carbons (Fsp3) is 0.0909. The molecule has 94 valence electrons. The quantitative estimate of drug-likeness (QED) is 0.565. The Morgan fingerprint density at radius 3 is 2.37 bits per heavy atom. The Morgan fingerprint density at radius 1 is 1.16 bits per heavy atom. The molecule has 0 saturated heterocycles. The number of benzene rings is 1. The first-order chi connectivity index (χ1) is 8.47. The van der Waals surface area contributed by atoms with Gasteiger partial charge >= 0.3 is 51.4 Å². The predicted molar refractivity (Wildman–Crippen MR) is 67.8 cm³/mol. The van der Waals surface area contributed by atoms with E-state index in [2.05, 4.69) is 14.7 Å². The molecule has 0 atom stereocenters. The Labute approximate surface area is 154 Å². The summed E-state index contributed by atoms with van der Waals surface area (Å²) in [5.74, 6) is -0.0770. The zero-order valence-electron chi connectivity index (χ0n) is 10.6. The molecule has 0 unspecified atom stereocenters. The van der Waals surface area contributed by atoms with E-state index >= 15 is 0 Å². The van der Waals surface area contributed by atoms with Crippen LogP contribution in [0.25, 0.3) is 4.72 Å². The summed E-state index contributed by atoms with van der Waals surface area (Å²) in [7, 11) is -3.80. The molecule has 1 aromatic carbocycles. The first-order valence-corrected chi connectivity index (χ1v) is 6.54. The zero-order valence-corrected chi connectivity index (χ0v) is 14.5. The second kappa shape index (κ2) is 6.77. The molecule has 0 fully saturated rings. The van der Waals surface area contributed by atoms with Gasteiger partial charge in [-0.25, -0.2) is 8.42 Å². The molecule has 0 aliphatic rings. The summed E-state index contributed by atoms with van der Waals surface area (Å²) in [4.78, 5) is 7.76. The van der Waals surface area contributed by atoms with Gasteiger partial charge in [0.25, 0.3) is 0 Å². The van der Waals surface area contributed by atoms with Gasteiger partial charge in [-0.1, -0.05) is 6.07 Å². The van der Waals surface area contributed by atoms with Crippen LogP contribution in [-0.4, -0.2) is 18.4 Å². The van der Waals surface area contributed by atoms with Crippen molar-refractivity contribution < 1.29 is 59.8 Å². The standard InChI is InChI=1S/C11H11N4O2S.K/c1-8-6-7-13-11(14-8)15-18(16,17)10-4-2-9(12)3-5-10;/h2-7H,12H2,1H3;/q-1;+1. The Hall–Kier alpha value is -0.514. The van der Waals surface area contributed by atoms with Gasteiger partial charge in [0.1, 0.15) is 0 Å². The minimum Gasteiger partial charge on any atom is -0.399 e. The van der Waals surface area contributed by atoms with Crippen LogP contribution in [0.3, 0.4) is 0 Å². The largest absolute Gasteiger partial charge is 1.00 e. The normalized spacial score (nSPS) is 10.6. The van der Waals surface area contributed by atoms with Crippen molar-refractivity contribution in [2.24, 2.45) is 0 Å². The van der Waals surface area contributed by atoms with E-state index in [0.29, 0.717) is 11.4 Å². The van der Waals surface area contributed by atoms with E-state index in [1.807, 2.05) is 0 Å². The molecule has 8 heteroatoms. The summed E-state index contributed by atoms with van der Waals surface area (Å²) in [5, 5.41) is 0. The first-order valence-electron chi connectivity index (χ1n) is 5.10. The van der Waals surface area contributed by atoms with Crippen LogP contribution in [-0.2, 0) is 10.0 Å². The van der Waals surface area contributed by atoms with Gasteiger partial charge in [-0.15, -0.1) is 0 Å². The van der Waals surface area contributed by atoms with Crippen LogP contribution in [0.5, 0.6) is 0 Å². The SMILES string of the molecule is Cc1ccnc([N-]S(=O)(=O)c2ccc(N)cc2)n1.[K+]. The van der Waals surface area contributed by atoms with Crippen LogP contribution < -0.4 is 57.1 Å². The minimum atomic E-state index is -3.80. The number of nitrogens with zero attached hydrogens (tertiary/aromatic N) is 3. The third-order valence-electron chi connectivity index (χ3n) is 2.16. The Balaban J connectivity index is 0.00000180. The fourth-order valence-corrected chi connectivity index (χ4v) is 2.17. The molecule has 2 rings (SSSR count). The number of sulfonamides is 1. The number of aromatic nitrogens is 2. The number of anilines is 1. The molecule has 0 aliphatic carbocycles. The number of nitrogen functional groups attached to an aromatic ring is 1. The fourth-order valence-electron chi connectivity index (χ4n) is 1.28. The van der Waals surface area contributed by atoms with Gasteiger partial charge < -0.3 is 15.7 Å². The molecular formula is C11H11KN4O2S. The van der Waals surface area contributed by atoms with Crippen molar-refractivity contribution in [3.63, 3.8) is 0 Å². The molecule has 0 bridgehead atoms. The Morgan fingerprint density at radius 2 is 1.79 bits per heavy atom. The Kier molecular flexibility index (Phi) is 5.90. The molecule has 1 aromatic heterocycles. The summed E-state index contributed by atoms with van der Waals surface area (Å²) in [5.41, 5.74) is 6.63. The van der Waals surface area contributed by atoms with Gasteiger partial charge in [-0.2, -0.15) is 0 Å². The van der Waals surface area contributed by atoms with Gasteiger partial charge in [0.2, 0.25) is 10.0 Å². The molecule has 0 amide bonds. The molecule has 0 aliphatic heterocycles. The third-order valence-corrected chi connectivity index (χ3v) is 3.43. The summed E-state index contributed by atoms with van der Waals surface area (Å²) < 4.78 is 27.4. The molecule has 2 N–H and O–H groups in total. The smallest absolute Gasteiger partial charge is 0.399 e. The minimum absolute atomic E-state index is 0. The second-order valence-corrected chi connectivity index (χ2v) is 5.24. The summed E-state index contributed by atoms with van der Waals surface area (Å²) in [6.45, 7) is 1.73. The second-order valence-electron chi connectivity index (χ2n) is 3.63. The van der Waals surface area contributed by atoms with Crippen molar-refractivity contribution in [2.75, 3.05) is 5.73 Å². The molecule has 19 heavy (non-hydrogen) atoms. The van der Waals surface area contributed by atoms with Gasteiger partial charge in [-0.3, -0.25) is 4.72 Å². The number of hydrogen-bond acceptors (Lipinski definition) is 5. The summed E-state index contributed by atoms with van der Waals surface area (Å²) in [6, 6.07) is 7.45.